The third-order valence-corrected chi connectivity index (χ3v) is 12.8. The number of hydrogen-bond donors (Lipinski definition) is 3. The zero-order valence-electron chi connectivity index (χ0n) is 30.2. The van der Waals surface area contributed by atoms with E-state index in [2.05, 4.69) is 28.0 Å². The highest BCUT2D eigenvalue weighted by Crippen LogP contribution is 2.23. The van der Waals surface area contributed by atoms with Crippen molar-refractivity contribution in [1.82, 2.24) is 24.8 Å². The number of hydrogen-bond acceptors (Lipinski definition) is 11. The Kier molecular flexibility index (Phi) is 14.4. The van der Waals surface area contributed by atoms with Gasteiger partial charge in [-0.2, -0.15) is 8.61 Å². The van der Waals surface area contributed by atoms with Gasteiger partial charge in [-0.05, 0) is 79.9 Å². The van der Waals surface area contributed by atoms with Crippen LogP contribution in [-0.2, 0) is 24.8 Å². The van der Waals surface area contributed by atoms with Gasteiger partial charge in [0.1, 0.15) is 0 Å². The highest BCUT2D eigenvalue weighted by molar-refractivity contribution is 7.89. The van der Waals surface area contributed by atoms with E-state index in [-0.39, 0.29) is 79.1 Å². The summed E-state index contributed by atoms with van der Waals surface area (Å²) in [5.41, 5.74) is 7.34. The van der Waals surface area contributed by atoms with Crippen molar-refractivity contribution in [3.05, 3.63) is 140 Å². The molecule has 5 rings (SSSR count). The summed E-state index contributed by atoms with van der Waals surface area (Å²) in [6, 6.07) is 25.6. The maximum Gasteiger partial charge on any atom is 0.269 e. The number of nitro groups is 2. The smallest absolute Gasteiger partial charge is 0.269 e. The van der Waals surface area contributed by atoms with Gasteiger partial charge in [-0.3, -0.25) is 30.4 Å². The maximum atomic E-state index is 13.9. The Labute approximate surface area is 325 Å². The number of nitrogens with zero attached hydrogens (tertiary/aromatic N) is 4. The molecule has 3 N–H and O–H groups in total. The van der Waals surface area contributed by atoms with E-state index in [0.717, 1.165) is 53.1 Å². The number of benzene rings is 4. The Bertz CT molecular complexity index is 2260. The minimum Gasteiger partial charge on any atom is -0.309 e. The van der Waals surface area contributed by atoms with E-state index in [4.69, 9.17) is 0 Å². The number of amides is 1. The minimum atomic E-state index is -4.15. The number of rotatable bonds is 7. The van der Waals surface area contributed by atoms with E-state index in [9.17, 15) is 41.9 Å². The Morgan fingerprint density at radius 2 is 1.09 bits per heavy atom. The molecule has 1 atom stereocenters. The normalized spacial score (nSPS) is 17.4. The molecule has 16 nitrogen and oxygen atoms in total. The lowest BCUT2D eigenvalue weighted by atomic mass is 10.0. The quantitative estimate of drug-likeness (QED) is 0.137. The monoisotopic (exact) mass is 803 g/mol. The number of carbonyl (C=O) groups is 1. The lowest BCUT2D eigenvalue weighted by Gasteiger charge is -2.25. The third-order valence-electron chi connectivity index (χ3n) is 8.95. The van der Waals surface area contributed by atoms with E-state index >= 15 is 0 Å². The first-order chi connectivity index (χ1) is 26.8. The predicted octanol–water partition coefficient (Wildman–Crippen LogP) is 4.11. The highest BCUT2D eigenvalue weighted by atomic mass is 32.2. The van der Waals surface area contributed by atoms with Crippen molar-refractivity contribution in [1.29, 1.82) is 0 Å². The molecule has 1 unspecified atom stereocenters. The van der Waals surface area contributed by atoms with Gasteiger partial charge in [-0.1, -0.05) is 42.2 Å². The Hall–Kier alpha value is -5.55. The molecule has 1 aliphatic rings. The number of hydrazine groups is 1. The van der Waals surface area contributed by atoms with E-state index in [1.165, 1.54) is 20.7 Å². The molecule has 4 aromatic rings. The number of nitrogens with one attached hydrogen (secondary N) is 3. The summed E-state index contributed by atoms with van der Waals surface area (Å²) in [5.74, 6) is 5.86. The molecule has 0 radical (unpaired) electrons. The SMILES string of the molecule is O=C1CC(c2ccc(C#Cc3ccccc3)cc2)NCCCN(S(=O)(=O)c2ccc([N+](=O)[O-])cc2)CCCCN(S(=O)(=O)c2ccc([N+](=O)[O-])cc2)CCNN1. The van der Waals surface area contributed by atoms with E-state index in [1.54, 1.807) is 0 Å². The largest absolute Gasteiger partial charge is 0.309 e. The fraction of sp³-hybridized carbons (Fsp3) is 0.289. The van der Waals surface area contributed by atoms with Crippen LogP contribution in [0.1, 0.15) is 48.4 Å². The first-order valence-corrected chi connectivity index (χ1v) is 20.6. The highest BCUT2D eigenvalue weighted by Gasteiger charge is 2.28. The average Bonchev–Trinajstić information content (AvgIpc) is 3.20. The van der Waals surface area contributed by atoms with Crippen LogP contribution >= 0.6 is 0 Å². The summed E-state index contributed by atoms with van der Waals surface area (Å²) in [6.45, 7) is 0.330. The van der Waals surface area contributed by atoms with E-state index in [1.807, 2.05) is 54.6 Å². The van der Waals surface area contributed by atoms with Gasteiger partial charge in [0.05, 0.1) is 19.6 Å². The van der Waals surface area contributed by atoms with Crippen molar-refractivity contribution in [2.24, 2.45) is 0 Å². The number of carbonyl (C=O) groups excluding carboxylic acids is 1. The van der Waals surface area contributed by atoms with Crippen molar-refractivity contribution < 1.29 is 31.5 Å². The first kappa shape index (κ1) is 41.6. The van der Waals surface area contributed by atoms with Gasteiger partial charge in [0.25, 0.3) is 11.4 Å². The summed E-state index contributed by atoms with van der Waals surface area (Å²) < 4.78 is 57.6. The van der Waals surface area contributed by atoms with Crippen LogP contribution in [0.15, 0.2) is 113 Å². The van der Waals surface area contributed by atoms with Gasteiger partial charge in [0, 0.05) is 80.6 Å². The van der Waals surface area contributed by atoms with Gasteiger partial charge in [0.2, 0.25) is 26.0 Å². The lowest BCUT2D eigenvalue weighted by molar-refractivity contribution is -0.385. The molecule has 0 aliphatic carbocycles. The van der Waals surface area contributed by atoms with Crippen LogP contribution < -0.4 is 16.2 Å². The topological polar surface area (TPSA) is 214 Å². The molecule has 0 aromatic heterocycles. The summed E-state index contributed by atoms with van der Waals surface area (Å²) >= 11 is 0. The van der Waals surface area contributed by atoms with E-state index < -0.39 is 35.9 Å². The first-order valence-electron chi connectivity index (χ1n) is 17.8. The van der Waals surface area contributed by atoms with Crippen molar-refractivity contribution in [2.45, 2.75) is 41.5 Å². The molecule has 1 aliphatic heterocycles. The molecule has 294 valence electrons. The average molecular weight is 804 g/mol. The van der Waals surface area contributed by atoms with Crippen LogP contribution in [-0.4, -0.2) is 80.5 Å². The zero-order chi connectivity index (χ0) is 40.1. The fourth-order valence-electron chi connectivity index (χ4n) is 5.94. The molecule has 0 saturated carbocycles. The minimum absolute atomic E-state index is 0.0162. The Morgan fingerprint density at radius 3 is 1.61 bits per heavy atom. The van der Waals surface area contributed by atoms with Crippen LogP contribution in [0.5, 0.6) is 0 Å². The number of nitro benzene ring substituents is 2. The molecule has 1 heterocycles. The van der Waals surface area contributed by atoms with Crippen molar-refractivity contribution in [3.8, 4) is 11.8 Å². The second kappa shape index (κ2) is 19.4. The second-order valence-electron chi connectivity index (χ2n) is 12.8. The van der Waals surface area contributed by atoms with Crippen LogP contribution in [0.25, 0.3) is 0 Å². The molecular formula is C38H41N7O9S2. The van der Waals surface area contributed by atoms with Gasteiger partial charge in [0.15, 0.2) is 0 Å². The molecule has 56 heavy (non-hydrogen) atoms. The summed E-state index contributed by atoms with van der Waals surface area (Å²) in [6.07, 6.45) is 0.830. The molecule has 18 heteroatoms. The Balaban J connectivity index is 1.38. The number of non-ortho nitro benzene ring substituents is 2. The molecule has 0 bridgehead atoms. The lowest BCUT2D eigenvalue weighted by Crippen LogP contribution is -2.44. The number of sulfonamides is 2. The molecular weight excluding hydrogens is 763 g/mol. The van der Waals surface area contributed by atoms with Crippen molar-refractivity contribution in [3.63, 3.8) is 0 Å². The van der Waals surface area contributed by atoms with Crippen LogP contribution in [0.4, 0.5) is 11.4 Å². The van der Waals surface area contributed by atoms with Crippen molar-refractivity contribution >= 4 is 37.3 Å². The van der Waals surface area contributed by atoms with Gasteiger partial charge < -0.3 is 5.32 Å². The standard InChI is InChI=1S/C38H41N7O9S2/c46-38-29-37(32-13-11-31(12-14-32)10-9-30-7-2-1-3-8-30)39-23-6-27-42(55(51,52)35-19-15-33(16-20-35)44(47)48)25-4-5-26-43(28-24-40-41-38)56(53,54)36-21-17-34(18-22-36)45(49)50/h1-3,7-8,11-22,37,39-40H,4-6,23-29H2,(H,41,46). The van der Waals surface area contributed by atoms with Crippen LogP contribution in [0, 0.1) is 32.1 Å². The van der Waals surface area contributed by atoms with Crippen LogP contribution in [0.2, 0.25) is 0 Å². The maximum absolute atomic E-state index is 13.9. The fourth-order valence-corrected chi connectivity index (χ4v) is 8.94. The van der Waals surface area contributed by atoms with E-state index in [0.29, 0.717) is 13.0 Å². The second-order valence-corrected chi connectivity index (χ2v) is 16.7. The molecule has 0 spiro atoms. The van der Waals surface area contributed by atoms with Gasteiger partial charge in [-0.25, -0.2) is 22.3 Å². The zero-order valence-corrected chi connectivity index (χ0v) is 31.9. The molecule has 1 fully saturated rings. The Morgan fingerprint density at radius 1 is 0.607 bits per heavy atom. The molecule has 4 aromatic carbocycles. The molecule has 1 amide bonds. The summed E-state index contributed by atoms with van der Waals surface area (Å²) in [5, 5.41) is 25.7. The molecule has 1 saturated heterocycles. The summed E-state index contributed by atoms with van der Waals surface area (Å²) in [4.78, 5) is 34.0. The summed E-state index contributed by atoms with van der Waals surface area (Å²) in [7, 11) is -8.28. The van der Waals surface area contributed by atoms with Gasteiger partial charge in [-0.15, -0.1) is 0 Å². The predicted molar refractivity (Wildman–Crippen MR) is 208 cm³/mol. The third kappa shape index (κ3) is 11.3. The van der Waals surface area contributed by atoms with Gasteiger partial charge >= 0.3 is 0 Å². The van der Waals surface area contributed by atoms with Crippen LogP contribution in [0.3, 0.4) is 0 Å². The van der Waals surface area contributed by atoms with Crippen molar-refractivity contribution in [2.75, 3.05) is 39.3 Å².